The van der Waals surface area contributed by atoms with Crippen LogP contribution in [0.4, 0.5) is 0 Å². The van der Waals surface area contributed by atoms with Crippen molar-refractivity contribution in [2.24, 2.45) is 17.3 Å². The second-order valence-electron chi connectivity index (χ2n) is 9.31. The molecule has 1 rings (SSSR count). The monoisotopic (exact) mass is 476 g/mol. The molecule has 0 aliphatic carbocycles. The summed E-state index contributed by atoms with van der Waals surface area (Å²) >= 11 is 0. The third-order valence-corrected chi connectivity index (χ3v) is 5.32. The standard InChI is InChI=1S/C12H22O6.C12H22O3/c1-9(13)6-17-11-8-16-5-3-2-4-10(7-18-11)12(14)15;1-6-12(5,7-9(2)3)11(14)15-10(4)8-13/h9-11,13H,2-8H2,1H3,(H,14,15);8-10H,6-7H2,1-5H3. The van der Waals surface area contributed by atoms with Crippen LogP contribution in [-0.4, -0.2) is 73.4 Å². The van der Waals surface area contributed by atoms with E-state index >= 15 is 0 Å². The molecule has 0 aromatic rings. The van der Waals surface area contributed by atoms with Crippen molar-refractivity contribution in [2.45, 2.75) is 92.1 Å². The Morgan fingerprint density at radius 3 is 2.36 bits per heavy atom. The van der Waals surface area contributed by atoms with Gasteiger partial charge in [-0.15, -0.1) is 0 Å². The zero-order valence-corrected chi connectivity index (χ0v) is 21.1. The van der Waals surface area contributed by atoms with Gasteiger partial charge in [0.15, 0.2) is 18.7 Å². The van der Waals surface area contributed by atoms with E-state index in [1.807, 2.05) is 13.8 Å². The third kappa shape index (κ3) is 14.3. The number of aliphatic hydroxyl groups is 1. The highest BCUT2D eigenvalue weighted by atomic mass is 16.7. The van der Waals surface area contributed by atoms with Crippen LogP contribution in [0.2, 0.25) is 0 Å². The highest BCUT2D eigenvalue weighted by Crippen LogP contribution is 2.31. The Labute approximate surface area is 198 Å². The number of carbonyl (C=O) groups excluding carboxylic acids is 2. The summed E-state index contributed by atoms with van der Waals surface area (Å²) in [7, 11) is 0. The molecule has 1 aliphatic rings. The Hall–Kier alpha value is -1.55. The first-order valence-electron chi connectivity index (χ1n) is 11.8. The van der Waals surface area contributed by atoms with E-state index < -0.39 is 35.8 Å². The van der Waals surface area contributed by atoms with Crippen molar-refractivity contribution in [1.29, 1.82) is 0 Å². The van der Waals surface area contributed by atoms with Crippen molar-refractivity contribution in [3.63, 3.8) is 0 Å². The Balaban J connectivity index is 0.000000633. The van der Waals surface area contributed by atoms with Gasteiger partial charge in [0.05, 0.1) is 37.3 Å². The van der Waals surface area contributed by atoms with Gasteiger partial charge in [-0.05, 0) is 52.4 Å². The van der Waals surface area contributed by atoms with Crippen molar-refractivity contribution >= 4 is 18.2 Å². The molecule has 0 bridgehead atoms. The van der Waals surface area contributed by atoms with E-state index in [9.17, 15) is 14.4 Å². The molecule has 5 atom stereocenters. The van der Waals surface area contributed by atoms with Crippen molar-refractivity contribution in [2.75, 3.05) is 26.4 Å². The van der Waals surface area contributed by atoms with Gasteiger partial charge < -0.3 is 29.2 Å². The number of aliphatic hydroxyl groups excluding tert-OH is 1. The second kappa shape index (κ2) is 17.0. The maximum absolute atomic E-state index is 11.8. The van der Waals surface area contributed by atoms with Gasteiger partial charge in [-0.25, -0.2) is 0 Å². The predicted molar refractivity (Wildman–Crippen MR) is 123 cm³/mol. The second-order valence-corrected chi connectivity index (χ2v) is 9.31. The van der Waals surface area contributed by atoms with E-state index in [1.54, 1.807) is 13.8 Å². The number of aldehydes is 1. The number of carbonyl (C=O) groups is 3. The summed E-state index contributed by atoms with van der Waals surface area (Å²) in [5, 5.41) is 18.2. The van der Waals surface area contributed by atoms with Crippen LogP contribution in [0.25, 0.3) is 0 Å². The van der Waals surface area contributed by atoms with Gasteiger partial charge in [0, 0.05) is 6.61 Å². The molecule has 0 amide bonds. The minimum Gasteiger partial charge on any atom is -0.481 e. The fourth-order valence-corrected chi connectivity index (χ4v) is 3.28. The molecule has 1 heterocycles. The lowest BCUT2D eigenvalue weighted by molar-refractivity contribution is -0.193. The number of ether oxygens (including phenoxy) is 4. The van der Waals surface area contributed by atoms with Crippen molar-refractivity contribution < 1.29 is 43.5 Å². The largest absolute Gasteiger partial charge is 0.481 e. The normalized spacial score (nSPS) is 23.3. The molecular weight excluding hydrogens is 432 g/mol. The summed E-state index contributed by atoms with van der Waals surface area (Å²) < 4.78 is 21.1. The number of carboxylic acid groups (broad SMARTS) is 1. The number of hydrogen-bond acceptors (Lipinski definition) is 8. The van der Waals surface area contributed by atoms with Crippen molar-refractivity contribution in [3.05, 3.63) is 0 Å². The number of esters is 1. The number of carboxylic acids is 1. The minimum absolute atomic E-state index is 0.114. The summed E-state index contributed by atoms with van der Waals surface area (Å²) in [5.41, 5.74) is -0.467. The number of hydrogen-bond donors (Lipinski definition) is 2. The first-order chi connectivity index (χ1) is 15.4. The zero-order valence-electron chi connectivity index (χ0n) is 21.1. The third-order valence-electron chi connectivity index (χ3n) is 5.32. The van der Waals surface area contributed by atoms with E-state index in [1.165, 1.54) is 0 Å². The zero-order chi connectivity index (χ0) is 25.4. The molecule has 33 heavy (non-hydrogen) atoms. The van der Waals surface area contributed by atoms with E-state index in [4.69, 9.17) is 29.2 Å². The van der Waals surface area contributed by atoms with Gasteiger partial charge in [-0.3, -0.25) is 14.4 Å². The summed E-state index contributed by atoms with van der Waals surface area (Å²) in [4.78, 5) is 33.2. The van der Waals surface area contributed by atoms with Crippen molar-refractivity contribution in [1.82, 2.24) is 0 Å². The van der Waals surface area contributed by atoms with Gasteiger partial charge in [0.25, 0.3) is 0 Å². The van der Waals surface area contributed by atoms with Gasteiger partial charge in [-0.1, -0.05) is 27.2 Å². The quantitative estimate of drug-likeness (QED) is 0.361. The van der Waals surface area contributed by atoms with Gasteiger partial charge in [0.1, 0.15) is 0 Å². The molecule has 0 aromatic heterocycles. The van der Waals surface area contributed by atoms with Gasteiger partial charge in [-0.2, -0.15) is 0 Å². The van der Waals surface area contributed by atoms with Crippen LogP contribution in [0.3, 0.4) is 0 Å². The molecule has 1 fully saturated rings. The molecule has 9 heteroatoms. The first-order valence-corrected chi connectivity index (χ1v) is 11.8. The van der Waals surface area contributed by atoms with E-state index in [0.717, 1.165) is 25.7 Å². The molecule has 1 saturated heterocycles. The fourth-order valence-electron chi connectivity index (χ4n) is 3.28. The van der Waals surface area contributed by atoms with Crippen LogP contribution in [0.5, 0.6) is 0 Å². The predicted octanol–water partition coefficient (Wildman–Crippen LogP) is 3.21. The molecule has 0 saturated carbocycles. The lowest BCUT2D eigenvalue weighted by Crippen LogP contribution is -2.33. The SMILES string of the molecule is CC(O)COC1COCCCCC(C(=O)O)CO1.CCC(C)(CC(C)C)C(=O)OC(C)C=O. The Morgan fingerprint density at radius 2 is 1.85 bits per heavy atom. The Bertz CT molecular complexity index is 564. The molecule has 194 valence electrons. The van der Waals surface area contributed by atoms with Gasteiger partial charge in [0.2, 0.25) is 0 Å². The molecular formula is C24H44O9. The van der Waals surface area contributed by atoms with Crippen LogP contribution in [0, 0.1) is 17.3 Å². The molecule has 0 spiro atoms. The van der Waals surface area contributed by atoms with Crippen molar-refractivity contribution in [3.8, 4) is 0 Å². The highest BCUT2D eigenvalue weighted by molar-refractivity contribution is 5.78. The number of aliphatic carboxylic acids is 1. The van der Waals surface area contributed by atoms with Crippen LogP contribution < -0.4 is 0 Å². The molecule has 9 nitrogen and oxygen atoms in total. The first kappa shape index (κ1) is 31.4. The fraction of sp³-hybridized carbons (Fsp3) is 0.875. The average Bonchev–Trinajstić information content (AvgIpc) is 2.75. The Kier molecular flexibility index (Phi) is 16.2. The summed E-state index contributed by atoms with van der Waals surface area (Å²) in [6.45, 7) is 12.3. The summed E-state index contributed by atoms with van der Waals surface area (Å²) in [5.74, 6) is -1.17. The van der Waals surface area contributed by atoms with Crippen LogP contribution >= 0.6 is 0 Å². The van der Waals surface area contributed by atoms with Crippen LogP contribution in [0.1, 0.15) is 73.6 Å². The Morgan fingerprint density at radius 1 is 1.18 bits per heavy atom. The van der Waals surface area contributed by atoms with Crippen LogP contribution in [-0.2, 0) is 33.3 Å². The molecule has 5 unspecified atom stereocenters. The molecule has 2 N–H and O–H groups in total. The summed E-state index contributed by atoms with van der Waals surface area (Å²) in [6.07, 6.45) is 2.57. The summed E-state index contributed by atoms with van der Waals surface area (Å²) in [6, 6.07) is 0. The minimum atomic E-state index is -0.842. The van der Waals surface area contributed by atoms with Gasteiger partial charge >= 0.3 is 11.9 Å². The maximum Gasteiger partial charge on any atom is 0.312 e. The maximum atomic E-state index is 11.8. The molecule has 0 aromatic carbocycles. The van der Waals surface area contributed by atoms with E-state index in [2.05, 4.69) is 13.8 Å². The topological polar surface area (TPSA) is 129 Å². The number of rotatable bonds is 10. The smallest absolute Gasteiger partial charge is 0.312 e. The van der Waals surface area contributed by atoms with E-state index in [-0.39, 0.29) is 25.8 Å². The average molecular weight is 477 g/mol. The van der Waals surface area contributed by atoms with E-state index in [0.29, 0.717) is 25.2 Å². The lowest BCUT2D eigenvalue weighted by Gasteiger charge is -2.28. The lowest BCUT2D eigenvalue weighted by atomic mass is 9.80. The molecule has 1 aliphatic heterocycles. The molecule has 0 radical (unpaired) electrons. The van der Waals surface area contributed by atoms with Crippen LogP contribution in [0.15, 0.2) is 0 Å². The highest BCUT2D eigenvalue weighted by Gasteiger charge is 2.34.